The van der Waals surface area contributed by atoms with Crippen molar-refractivity contribution in [2.45, 2.75) is 112 Å². The van der Waals surface area contributed by atoms with Crippen LogP contribution < -0.4 is 10.6 Å². The van der Waals surface area contributed by atoms with Crippen molar-refractivity contribution in [3.8, 4) is 0 Å². The molecule has 4 fully saturated rings. The van der Waals surface area contributed by atoms with Crippen LogP contribution in [0.1, 0.15) is 92.2 Å². The summed E-state index contributed by atoms with van der Waals surface area (Å²) in [7, 11) is 0.659. The van der Waals surface area contributed by atoms with Gasteiger partial charge in [-0.1, -0.05) is 90.4 Å². The molecular formula is C44H69N2O16P. The van der Waals surface area contributed by atoms with Gasteiger partial charge in [0.15, 0.2) is 11.6 Å². The third-order valence-corrected chi connectivity index (χ3v) is 11.7. The fraction of sp³-hybridized carbons (Fsp3) is 0.568. The summed E-state index contributed by atoms with van der Waals surface area (Å²) >= 11 is 0. The Hall–Kier alpha value is -4.68. The van der Waals surface area contributed by atoms with Gasteiger partial charge in [-0.05, 0) is 29.5 Å². The van der Waals surface area contributed by atoms with E-state index >= 15 is 0 Å². The van der Waals surface area contributed by atoms with Crippen molar-refractivity contribution < 1.29 is 75.5 Å². The maximum absolute atomic E-state index is 12.2. The van der Waals surface area contributed by atoms with Crippen LogP contribution in [0, 0.1) is 0 Å². The van der Waals surface area contributed by atoms with Crippen LogP contribution in [0.15, 0.2) is 71.9 Å². The number of esters is 2. The fourth-order valence-corrected chi connectivity index (χ4v) is 7.65. The van der Waals surface area contributed by atoms with Gasteiger partial charge in [-0.15, -0.1) is 0 Å². The van der Waals surface area contributed by atoms with Crippen LogP contribution in [-0.2, 0) is 79.1 Å². The lowest BCUT2D eigenvalue weighted by molar-refractivity contribution is -0.179. The Morgan fingerprint density at radius 2 is 1.05 bits per heavy atom. The number of nitrogens with one attached hydrogen (secondary N) is 2. The zero-order valence-electron chi connectivity index (χ0n) is 33.7. The molecule has 0 radical (unpaired) electrons. The first-order valence-corrected chi connectivity index (χ1v) is 20.6. The van der Waals surface area contributed by atoms with Gasteiger partial charge in [0.25, 0.3) is 0 Å². The first-order valence-electron chi connectivity index (χ1n) is 19.0. The minimum absolute atomic E-state index is 0. The lowest BCUT2D eigenvalue weighted by Gasteiger charge is -2.33. The van der Waals surface area contributed by atoms with Gasteiger partial charge in [-0.3, -0.25) is 20.0 Å². The van der Waals surface area contributed by atoms with Crippen molar-refractivity contribution in [2.24, 2.45) is 0 Å². The first kappa shape index (κ1) is 58.3. The SMILES string of the molecule is C.C.C.C.COC(=O)C(NC(=O)OCc1ccccc1)=C1CCC2(CC1)OCCO2.COC(=O)C(NC(=O)OCc1ccccc1)P(=O)(OC)OC.O=C1CCC2(CC1)OCCO2. The number of hydrogen-bond acceptors (Lipinski definition) is 16. The molecule has 18 nitrogen and oxygen atoms in total. The Balaban J connectivity index is 0.000000945. The Kier molecular flexibility index (Phi) is 26.8. The van der Waals surface area contributed by atoms with E-state index in [-0.39, 0.29) is 54.4 Å². The average molecular weight is 913 g/mol. The Morgan fingerprint density at radius 1 is 0.635 bits per heavy atom. The number of ketones is 1. The molecule has 1 atom stereocenters. The van der Waals surface area contributed by atoms with Crippen LogP contribution in [0.25, 0.3) is 0 Å². The number of benzene rings is 2. The number of carbonyl (C=O) groups is 5. The highest BCUT2D eigenvalue weighted by Gasteiger charge is 2.43. The van der Waals surface area contributed by atoms with Gasteiger partial charge in [0, 0.05) is 52.7 Å². The predicted molar refractivity (Wildman–Crippen MR) is 234 cm³/mol. The van der Waals surface area contributed by atoms with E-state index in [1.54, 1.807) is 24.3 Å². The zero-order chi connectivity index (χ0) is 42.7. The van der Waals surface area contributed by atoms with Gasteiger partial charge in [-0.2, -0.15) is 0 Å². The molecule has 2 amide bonds. The third kappa shape index (κ3) is 17.8. The van der Waals surface area contributed by atoms with E-state index in [1.165, 1.54) is 7.11 Å². The quantitative estimate of drug-likeness (QED) is 0.0945. The number of ether oxygens (including phenoxy) is 8. The molecule has 2 spiro atoms. The fourth-order valence-electron chi connectivity index (χ4n) is 6.45. The molecule has 2 heterocycles. The standard InChI is InChI=1S/C19H23NO6.C13H18NO7P.C8H12O3.4CH4/c1-23-17(21)16(15-7-9-19(10-8-15)25-11-12-26-19)20-18(22)24-13-14-5-3-2-4-6-14;1-18-12(15)11(22(17,19-2)20-3)14-13(16)21-9-10-7-5-4-6-8-10;9-7-1-3-8(4-2-7)10-5-6-11-8;;;;/h2-6H,7-13H2,1H3,(H,20,22);4-8,11H,9H2,1-3H3,(H,14,16);1-6H2;4*1H4. The number of alkyl carbamates (subject to hydrolysis) is 2. The molecule has 4 aliphatic rings. The van der Waals surface area contributed by atoms with E-state index in [4.69, 9.17) is 42.2 Å². The van der Waals surface area contributed by atoms with Crippen molar-refractivity contribution in [1.82, 2.24) is 10.6 Å². The maximum Gasteiger partial charge on any atom is 0.412 e. The zero-order valence-corrected chi connectivity index (χ0v) is 34.6. The Morgan fingerprint density at radius 3 is 1.44 bits per heavy atom. The van der Waals surface area contributed by atoms with E-state index < -0.39 is 43.3 Å². The molecule has 2 aliphatic carbocycles. The van der Waals surface area contributed by atoms with Crippen molar-refractivity contribution in [3.63, 3.8) is 0 Å². The van der Waals surface area contributed by atoms with Crippen LogP contribution in [-0.4, -0.2) is 102 Å². The molecule has 6 rings (SSSR count). The van der Waals surface area contributed by atoms with E-state index in [0.717, 1.165) is 50.9 Å². The molecule has 2 saturated carbocycles. The molecule has 2 aromatic rings. The van der Waals surface area contributed by atoms with E-state index in [0.29, 0.717) is 70.7 Å². The third-order valence-electron chi connectivity index (χ3n) is 9.71. The van der Waals surface area contributed by atoms with Crippen molar-refractivity contribution in [3.05, 3.63) is 83.1 Å². The number of carbonyl (C=O) groups excluding carboxylic acids is 5. The molecule has 2 aliphatic heterocycles. The van der Waals surface area contributed by atoms with E-state index in [2.05, 4.69) is 15.4 Å². The summed E-state index contributed by atoms with van der Waals surface area (Å²) in [5, 5.41) is 4.68. The molecule has 1 unspecified atom stereocenters. The van der Waals surface area contributed by atoms with Gasteiger partial charge in [0.1, 0.15) is 24.7 Å². The summed E-state index contributed by atoms with van der Waals surface area (Å²) in [6, 6.07) is 18.3. The number of hydrogen-bond donors (Lipinski definition) is 2. The molecule has 19 heteroatoms. The monoisotopic (exact) mass is 912 g/mol. The smallest absolute Gasteiger partial charge is 0.412 e. The maximum atomic E-state index is 12.2. The topological polar surface area (TPSA) is 219 Å². The van der Waals surface area contributed by atoms with Crippen LogP contribution in [0.2, 0.25) is 0 Å². The first-order chi connectivity index (χ1) is 28.4. The number of methoxy groups -OCH3 is 2. The summed E-state index contributed by atoms with van der Waals surface area (Å²) in [5.41, 5.74) is 2.59. The highest BCUT2D eigenvalue weighted by Crippen LogP contribution is 2.50. The number of rotatable bonds is 11. The highest BCUT2D eigenvalue weighted by molar-refractivity contribution is 7.55. The molecule has 2 aromatic carbocycles. The molecular weight excluding hydrogens is 843 g/mol. The second kappa shape index (κ2) is 28.9. The minimum Gasteiger partial charge on any atom is -0.467 e. The van der Waals surface area contributed by atoms with Gasteiger partial charge in [-0.25, -0.2) is 19.2 Å². The van der Waals surface area contributed by atoms with E-state index in [9.17, 15) is 28.5 Å². The largest absolute Gasteiger partial charge is 0.467 e. The molecule has 0 bridgehead atoms. The summed E-state index contributed by atoms with van der Waals surface area (Å²) in [6.07, 6.45) is 3.58. The van der Waals surface area contributed by atoms with E-state index in [1.807, 2.05) is 36.4 Å². The van der Waals surface area contributed by atoms with Gasteiger partial charge >= 0.3 is 31.7 Å². The highest BCUT2D eigenvalue weighted by atomic mass is 31.2. The van der Waals surface area contributed by atoms with Gasteiger partial charge in [0.2, 0.25) is 5.78 Å². The van der Waals surface area contributed by atoms with Gasteiger partial charge < -0.3 is 46.9 Å². The molecule has 2 saturated heterocycles. The van der Waals surface area contributed by atoms with Gasteiger partial charge in [0.05, 0.1) is 40.6 Å². The number of Topliss-reactive ketones (excluding diaryl/α,β-unsaturated/α-hetero) is 1. The minimum atomic E-state index is -3.90. The average Bonchev–Trinajstić information content (AvgIpc) is 3.95. The summed E-state index contributed by atoms with van der Waals surface area (Å²) in [5.74, 6) is -3.73. The van der Waals surface area contributed by atoms with Crippen molar-refractivity contribution >= 4 is 37.5 Å². The Bertz CT molecular complexity index is 1750. The molecule has 63 heavy (non-hydrogen) atoms. The molecule has 0 aromatic heterocycles. The van der Waals surface area contributed by atoms with Crippen LogP contribution in [0.5, 0.6) is 0 Å². The van der Waals surface area contributed by atoms with Crippen molar-refractivity contribution in [2.75, 3.05) is 54.9 Å². The summed E-state index contributed by atoms with van der Waals surface area (Å²) in [6.45, 7) is 2.67. The molecule has 356 valence electrons. The number of amides is 2. The lowest BCUT2D eigenvalue weighted by Crippen LogP contribution is -2.42. The summed E-state index contributed by atoms with van der Waals surface area (Å²) in [4.78, 5) is 58.5. The second-order valence-corrected chi connectivity index (χ2v) is 15.8. The van der Waals surface area contributed by atoms with Crippen LogP contribution >= 0.6 is 7.60 Å². The van der Waals surface area contributed by atoms with Crippen molar-refractivity contribution in [1.29, 1.82) is 0 Å². The predicted octanol–water partition coefficient (Wildman–Crippen LogP) is 7.97. The normalized spacial score (nSPS) is 17.1. The Labute approximate surface area is 372 Å². The second-order valence-electron chi connectivity index (χ2n) is 13.4. The lowest BCUT2D eigenvalue weighted by atomic mass is 9.88. The number of allylic oxidation sites excluding steroid dienone is 1. The van der Waals surface area contributed by atoms with Crippen LogP contribution in [0.3, 0.4) is 0 Å². The molecule has 2 N–H and O–H groups in total. The summed E-state index contributed by atoms with van der Waals surface area (Å²) < 4.78 is 63.4. The van der Waals surface area contributed by atoms with Crippen LogP contribution in [0.4, 0.5) is 9.59 Å².